The minimum Gasteiger partial charge on any atom is -0.495 e. The second-order valence-electron chi connectivity index (χ2n) is 11.2. The average molecular weight is 603 g/mol. The van der Waals surface area contributed by atoms with Crippen LogP contribution in [0, 0.1) is 0 Å². The summed E-state index contributed by atoms with van der Waals surface area (Å²) in [6.07, 6.45) is 1.92. The van der Waals surface area contributed by atoms with Crippen molar-refractivity contribution in [1.29, 1.82) is 0 Å². The van der Waals surface area contributed by atoms with E-state index in [1.165, 1.54) is 0 Å². The molecule has 0 radical (unpaired) electrons. The van der Waals surface area contributed by atoms with Crippen LogP contribution in [0.15, 0.2) is 72.9 Å². The highest BCUT2D eigenvalue weighted by atomic mass is 35.5. The Morgan fingerprint density at radius 3 is 2.47 bits per heavy atom. The molecule has 226 valence electrons. The highest BCUT2D eigenvalue weighted by Gasteiger charge is 2.32. The number of urea groups is 1. The Morgan fingerprint density at radius 2 is 1.74 bits per heavy atom. The van der Waals surface area contributed by atoms with E-state index in [1.807, 2.05) is 93.9 Å². The van der Waals surface area contributed by atoms with Crippen LogP contribution in [0.2, 0.25) is 5.02 Å². The molecule has 3 aromatic carbocycles. The van der Waals surface area contributed by atoms with Crippen LogP contribution in [0.3, 0.4) is 0 Å². The zero-order valence-electron chi connectivity index (χ0n) is 25.1. The summed E-state index contributed by atoms with van der Waals surface area (Å²) in [7, 11) is 5.56. The van der Waals surface area contributed by atoms with Gasteiger partial charge in [-0.2, -0.15) is 0 Å². The molecule has 4 aromatic rings. The van der Waals surface area contributed by atoms with E-state index in [-0.39, 0.29) is 17.9 Å². The lowest BCUT2D eigenvalue weighted by atomic mass is 9.92. The molecular formula is C33H39ClN6O3. The number of ether oxygens (including phenoxy) is 1. The molecule has 0 bridgehead atoms. The lowest BCUT2D eigenvalue weighted by Gasteiger charge is -2.37. The largest absolute Gasteiger partial charge is 0.495 e. The van der Waals surface area contributed by atoms with Gasteiger partial charge in [-0.15, -0.1) is 0 Å². The van der Waals surface area contributed by atoms with E-state index < -0.39 is 6.04 Å². The summed E-state index contributed by atoms with van der Waals surface area (Å²) in [5.41, 5.74) is 4.48. The van der Waals surface area contributed by atoms with Crippen molar-refractivity contribution in [1.82, 2.24) is 20.1 Å². The van der Waals surface area contributed by atoms with Crippen LogP contribution in [0.1, 0.15) is 24.0 Å². The number of carbonyl (C=O) groups excluding carboxylic acids is 2. The summed E-state index contributed by atoms with van der Waals surface area (Å²) >= 11 is 6.41. The van der Waals surface area contributed by atoms with Gasteiger partial charge in [-0.05, 0) is 55.6 Å². The lowest BCUT2D eigenvalue weighted by Crippen LogP contribution is -2.56. The van der Waals surface area contributed by atoms with E-state index in [1.54, 1.807) is 12.0 Å². The van der Waals surface area contributed by atoms with Crippen LogP contribution in [-0.4, -0.2) is 80.1 Å². The van der Waals surface area contributed by atoms with Gasteiger partial charge < -0.3 is 35.1 Å². The molecule has 10 heteroatoms. The van der Waals surface area contributed by atoms with Gasteiger partial charge in [0.2, 0.25) is 5.91 Å². The molecule has 0 saturated carbocycles. The summed E-state index contributed by atoms with van der Waals surface area (Å²) in [6.45, 7) is 4.97. The third kappa shape index (κ3) is 6.89. The molecule has 1 saturated heterocycles. The Balaban J connectivity index is 1.37. The van der Waals surface area contributed by atoms with E-state index in [0.717, 1.165) is 27.7 Å². The fraction of sp³-hybridized carbons (Fsp3) is 0.333. The van der Waals surface area contributed by atoms with E-state index >= 15 is 0 Å². The summed E-state index contributed by atoms with van der Waals surface area (Å²) in [4.78, 5) is 37.0. The summed E-state index contributed by atoms with van der Waals surface area (Å²) in [6, 6.07) is 20.3. The number of methoxy groups -OCH3 is 1. The van der Waals surface area contributed by atoms with Gasteiger partial charge in [0.15, 0.2) is 0 Å². The normalized spacial score (nSPS) is 14.9. The van der Waals surface area contributed by atoms with Crippen molar-refractivity contribution in [2.24, 2.45) is 0 Å². The molecule has 1 aromatic heterocycles. The van der Waals surface area contributed by atoms with Crippen molar-refractivity contribution in [3.05, 3.63) is 89.1 Å². The fourth-order valence-corrected chi connectivity index (χ4v) is 5.93. The van der Waals surface area contributed by atoms with Crippen molar-refractivity contribution in [3.8, 4) is 5.75 Å². The van der Waals surface area contributed by atoms with E-state index in [2.05, 4.69) is 25.4 Å². The number of hydrogen-bond donors (Lipinski definition) is 3. The maximum absolute atomic E-state index is 14.0. The number of aromatic nitrogens is 1. The highest BCUT2D eigenvalue weighted by molar-refractivity contribution is 6.33. The lowest BCUT2D eigenvalue weighted by molar-refractivity contribution is -0.118. The van der Waals surface area contributed by atoms with E-state index in [4.69, 9.17) is 16.3 Å². The Bertz CT molecular complexity index is 1580. The standard InChI is InChI=1S/C33H39ClN6O3/c1-22(25-20-35-27-11-7-5-9-24(25)27)31(32(41)36-28-19-23(21-38(2)3)13-14-30(28)43-4)37-33(42)40-17-15-39(16-18-40)29-12-8-6-10-26(29)34/h5-14,19-20,22,31,35H,15-18,21H2,1-4H3,(H,36,41)(H,37,42). The molecule has 0 spiro atoms. The molecule has 1 aliphatic rings. The van der Waals surface area contributed by atoms with Gasteiger partial charge in [-0.25, -0.2) is 4.79 Å². The first-order valence-corrected chi connectivity index (χ1v) is 14.9. The van der Waals surface area contributed by atoms with Crippen LogP contribution in [0.4, 0.5) is 16.2 Å². The number of carbonyl (C=O) groups is 2. The molecule has 9 nitrogen and oxygen atoms in total. The molecule has 1 fully saturated rings. The Hall–Kier alpha value is -4.21. The number of aromatic amines is 1. The third-order valence-electron chi connectivity index (χ3n) is 7.95. The van der Waals surface area contributed by atoms with E-state index in [0.29, 0.717) is 49.2 Å². The fourth-order valence-electron chi connectivity index (χ4n) is 5.68. The number of fused-ring (bicyclic) bond motifs is 1. The molecule has 3 amide bonds. The Labute approximate surface area is 257 Å². The average Bonchev–Trinajstić information content (AvgIpc) is 3.44. The van der Waals surface area contributed by atoms with Gasteiger partial charge in [-0.3, -0.25) is 4.79 Å². The van der Waals surface area contributed by atoms with Crippen LogP contribution in [-0.2, 0) is 11.3 Å². The SMILES string of the molecule is COc1ccc(CN(C)C)cc1NC(=O)C(NC(=O)N1CCN(c2ccccc2Cl)CC1)C(C)c1c[nH]c2ccccc12. The first-order chi connectivity index (χ1) is 20.7. The predicted molar refractivity (Wildman–Crippen MR) is 173 cm³/mol. The number of para-hydroxylation sites is 2. The summed E-state index contributed by atoms with van der Waals surface area (Å²) < 4.78 is 5.56. The second-order valence-corrected chi connectivity index (χ2v) is 11.6. The molecule has 2 heterocycles. The molecule has 5 rings (SSSR count). The molecule has 0 aliphatic carbocycles. The predicted octanol–water partition coefficient (Wildman–Crippen LogP) is 5.53. The number of H-pyrrole nitrogens is 1. The van der Waals surface area contributed by atoms with E-state index in [9.17, 15) is 9.59 Å². The number of benzene rings is 3. The quantitative estimate of drug-likeness (QED) is 0.234. The molecule has 1 aliphatic heterocycles. The van der Waals surface area contributed by atoms with Gasteiger partial charge in [0.25, 0.3) is 0 Å². The number of amides is 3. The molecule has 3 N–H and O–H groups in total. The van der Waals surface area contributed by atoms with Gasteiger partial charge >= 0.3 is 6.03 Å². The van der Waals surface area contributed by atoms with Crippen LogP contribution in [0.25, 0.3) is 10.9 Å². The highest BCUT2D eigenvalue weighted by Crippen LogP contribution is 2.31. The molecule has 2 unspecified atom stereocenters. The van der Waals surface area contributed by atoms with Crippen molar-refractivity contribution in [2.75, 3.05) is 57.6 Å². The van der Waals surface area contributed by atoms with Crippen molar-refractivity contribution >= 4 is 45.8 Å². The topological polar surface area (TPSA) is 92.9 Å². The van der Waals surface area contributed by atoms with Crippen molar-refractivity contribution in [2.45, 2.75) is 25.4 Å². The Kier molecular flexibility index (Phi) is 9.43. The minimum atomic E-state index is -0.851. The summed E-state index contributed by atoms with van der Waals surface area (Å²) in [5.74, 6) is -0.0991. The minimum absolute atomic E-state index is 0.279. The molecular weight excluding hydrogens is 564 g/mol. The maximum atomic E-state index is 14.0. The van der Waals surface area contributed by atoms with Gasteiger partial charge in [-0.1, -0.05) is 54.9 Å². The number of halogens is 1. The number of hydrogen-bond acceptors (Lipinski definition) is 5. The maximum Gasteiger partial charge on any atom is 0.318 e. The molecule has 43 heavy (non-hydrogen) atoms. The number of anilines is 2. The smallest absolute Gasteiger partial charge is 0.318 e. The first kappa shape index (κ1) is 30.3. The number of nitrogens with zero attached hydrogens (tertiary/aromatic N) is 3. The number of rotatable bonds is 9. The van der Waals surface area contributed by atoms with Gasteiger partial charge in [0.05, 0.1) is 23.5 Å². The van der Waals surface area contributed by atoms with Crippen LogP contribution in [0.5, 0.6) is 5.75 Å². The van der Waals surface area contributed by atoms with Crippen molar-refractivity contribution < 1.29 is 14.3 Å². The molecule has 2 atom stereocenters. The Morgan fingerprint density at radius 1 is 1.02 bits per heavy atom. The second kappa shape index (κ2) is 13.4. The summed E-state index contributed by atoms with van der Waals surface area (Å²) in [5, 5.41) is 7.84. The van der Waals surface area contributed by atoms with Crippen LogP contribution >= 0.6 is 11.6 Å². The zero-order valence-corrected chi connectivity index (χ0v) is 25.8. The monoisotopic (exact) mass is 602 g/mol. The number of nitrogens with one attached hydrogen (secondary N) is 3. The van der Waals surface area contributed by atoms with Crippen LogP contribution < -0.4 is 20.3 Å². The van der Waals surface area contributed by atoms with Gasteiger partial charge in [0.1, 0.15) is 11.8 Å². The number of piperazine rings is 1. The third-order valence-corrected chi connectivity index (χ3v) is 8.27. The first-order valence-electron chi connectivity index (χ1n) is 14.5. The van der Waals surface area contributed by atoms with Gasteiger partial charge in [0, 0.05) is 55.7 Å². The van der Waals surface area contributed by atoms with Crippen molar-refractivity contribution in [3.63, 3.8) is 0 Å². The zero-order chi connectivity index (χ0) is 30.5.